The van der Waals surface area contributed by atoms with Crippen molar-refractivity contribution >= 4 is 11.3 Å². The molecule has 0 atom stereocenters. The van der Waals surface area contributed by atoms with E-state index in [1.54, 1.807) is 11.3 Å². The van der Waals surface area contributed by atoms with E-state index in [4.69, 9.17) is 0 Å². The molecule has 2 aromatic carbocycles. The molecule has 1 N–H and O–H groups in total. The number of hydrogen-bond donors (Lipinski definition) is 1. The third kappa shape index (κ3) is 5.01. The lowest BCUT2D eigenvalue weighted by molar-refractivity contribution is 0.190. The highest BCUT2D eigenvalue weighted by atomic mass is 32.1. The van der Waals surface area contributed by atoms with Crippen LogP contribution in [0.5, 0.6) is 0 Å². The van der Waals surface area contributed by atoms with E-state index in [2.05, 4.69) is 45.5 Å². The van der Waals surface area contributed by atoms with Gasteiger partial charge in [0.1, 0.15) is 10.8 Å². The van der Waals surface area contributed by atoms with Gasteiger partial charge in [-0.3, -0.25) is 4.90 Å². The molecule has 0 amide bonds. The van der Waals surface area contributed by atoms with Crippen LogP contribution >= 0.6 is 11.3 Å². The van der Waals surface area contributed by atoms with Gasteiger partial charge in [0.15, 0.2) is 0 Å². The number of hydrogen-bond acceptors (Lipinski definition) is 4. The Bertz CT molecular complexity index is 840. The Morgan fingerprint density at radius 1 is 1.04 bits per heavy atom. The quantitative estimate of drug-likeness (QED) is 0.671. The van der Waals surface area contributed by atoms with Gasteiger partial charge in [-0.2, -0.15) is 0 Å². The fourth-order valence-electron chi connectivity index (χ4n) is 3.51. The average Bonchev–Trinajstić information content (AvgIpc) is 3.18. The van der Waals surface area contributed by atoms with Crippen LogP contribution in [-0.2, 0) is 13.1 Å². The van der Waals surface area contributed by atoms with Crippen LogP contribution in [0.2, 0.25) is 0 Å². The Kier molecular flexibility index (Phi) is 5.92. The summed E-state index contributed by atoms with van der Waals surface area (Å²) in [6.07, 6.45) is 4.23. The second-order valence-corrected chi connectivity index (χ2v) is 8.16. The zero-order valence-electron chi connectivity index (χ0n) is 15.3. The Hall–Kier alpha value is -2.08. The van der Waals surface area contributed by atoms with Crippen molar-refractivity contribution in [3.05, 3.63) is 77.2 Å². The van der Waals surface area contributed by atoms with Crippen molar-refractivity contribution in [1.82, 2.24) is 15.2 Å². The standard InChI is InChI=1S/C22H24FN3S/c23-19-8-6-18(7-9-19)21-14-25-22(27-21)15-24-20-10-12-26(13-11-20)16-17-4-2-1-3-5-17/h1-9,14,20,24H,10-13,15-16H2. The molecule has 3 nitrogen and oxygen atoms in total. The molecule has 1 aliphatic heterocycles. The SMILES string of the molecule is Fc1ccc(-c2cnc(CNC3CCN(Cc4ccccc4)CC3)s2)cc1. The number of benzene rings is 2. The fraction of sp³-hybridized carbons (Fsp3) is 0.318. The number of halogens is 1. The van der Waals surface area contributed by atoms with Crippen molar-refractivity contribution in [2.75, 3.05) is 13.1 Å². The summed E-state index contributed by atoms with van der Waals surface area (Å²) < 4.78 is 13.1. The van der Waals surface area contributed by atoms with E-state index in [-0.39, 0.29) is 5.82 Å². The molecular formula is C22H24FN3S. The number of rotatable bonds is 6. The molecule has 1 fully saturated rings. The summed E-state index contributed by atoms with van der Waals surface area (Å²) in [5.74, 6) is -0.205. The largest absolute Gasteiger partial charge is 0.308 e. The normalized spacial score (nSPS) is 15.9. The van der Waals surface area contributed by atoms with Crippen LogP contribution < -0.4 is 5.32 Å². The zero-order valence-corrected chi connectivity index (χ0v) is 16.1. The fourth-order valence-corrected chi connectivity index (χ4v) is 4.38. The van der Waals surface area contributed by atoms with Crippen LogP contribution in [0, 0.1) is 5.82 Å². The molecule has 27 heavy (non-hydrogen) atoms. The minimum absolute atomic E-state index is 0.205. The van der Waals surface area contributed by atoms with E-state index < -0.39 is 0 Å². The first-order valence-electron chi connectivity index (χ1n) is 9.46. The molecule has 0 radical (unpaired) electrons. The van der Waals surface area contributed by atoms with E-state index >= 15 is 0 Å². The Balaban J connectivity index is 1.24. The maximum atomic E-state index is 13.1. The van der Waals surface area contributed by atoms with Crippen LogP contribution in [0.4, 0.5) is 4.39 Å². The van der Waals surface area contributed by atoms with Gasteiger partial charge in [0.2, 0.25) is 0 Å². The molecule has 0 unspecified atom stereocenters. The Morgan fingerprint density at radius 3 is 2.52 bits per heavy atom. The van der Waals surface area contributed by atoms with Gasteiger partial charge in [-0.25, -0.2) is 9.37 Å². The minimum atomic E-state index is -0.205. The number of aromatic nitrogens is 1. The van der Waals surface area contributed by atoms with Gasteiger partial charge in [0, 0.05) is 25.3 Å². The lowest BCUT2D eigenvalue weighted by Crippen LogP contribution is -2.41. The van der Waals surface area contributed by atoms with Gasteiger partial charge in [0.25, 0.3) is 0 Å². The maximum absolute atomic E-state index is 13.1. The molecule has 3 aromatic rings. The first-order chi connectivity index (χ1) is 13.3. The molecule has 1 saturated heterocycles. The van der Waals surface area contributed by atoms with Crippen LogP contribution in [0.1, 0.15) is 23.4 Å². The Morgan fingerprint density at radius 2 is 1.78 bits per heavy atom. The summed E-state index contributed by atoms with van der Waals surface area (Å²) in [7, 11) is 0. The third-order valence-electron chi connectivity index (χ3n) is 5.06. The van der Waals surface area contributed by atoms with Crippen molar-refractivity contribution in [3.8, 4) is 10.4 Å². The number of nitrogens with zero attached hydrogens (tertiary/aromatic N) is 2. The third-order valence-corrected chi connectivity index (χ3v) is 6.11. The second kappa shape index (κ2) is 8.74. The van der Waals surface area contributed by atoms with Gasteiger partial charge in [-0.1, -0.05) is 42.5 Å². The van der Waals surface area contributed by atoms with Crippen molar-refractivity contribution in [1.29, 1.82) is 0 Å². The highest BCUT2D eigenvalue weighted by molar-refractivity contribution is 7.15. The highest BCUT2D eigenvalue weighted by Gasteiger charge is 2.19. The van der Waals surface area contributed by atoms with Crippen molar-refractivity contribution in [2.45, 2.75) is 32.0 Å². The molecule has 0 bridgehead atoms. The molecule has 1 aromatic heterocycles. The van der Waals surface area contributed by atoms with Crippen LogP contribution in [0.3, 0.4) is 0 Å². The average molecular weight is 382 g/mol. The lowest BCUT2D eigenvalue weighted by Gasteiger charge is -2.32. The van der Waals surface area contributed by atoms with Crippen LogP contribution in [0.15, 0.2) is 60.8 Å². The first-order valence-corrected chi connectivity index (χ1v) is 10.3. The molecule has 0 saturated carbocycles. The summed E-state index contributed by atoms with van der Waals surface area (Å²) in [6, 6.07) is 17.8. The van der Waals surface area contributed by atoms with Crippen LogP contribution in [0.25, 0.3) is 10.4 Å². The van der Waals surface area contributed by atoms with E-state index in [0.717, 1.165) is 41.6 Å². The van der Waals surface area contributed by atoms with Gasteiger partial charge in [-0.15, -0.1) is 11.3 Å². The van der Waals surface area contributed by atoms with Crippen molar-refractivity contribution in [2.24, 2.45) is 0 Å². The van der Waals surface area contributed by atoms with E-state index in [9.17, 15) is 4.39 Å². The Labute approximate surface area is 163 Å². The van der Waals surface area contributed by atoms with E-state index in [1.807, 2.05) is 18.3 Å². The summed E-state index contributed by atoms with van der Waals surface area (Å²) >= 11 is 1.68. The lowest BCUT2D eigenvalue weighted by atomic mass is 10.0. The summed E-state index contributed by atoms with van der Waals surface area (Å²) in [5, 5.41) is 4.74. The van der Waals surface area contributed by atoms with Gasteiger partial charge in [-0.05, 0) is 49.2 Å². The highest BCUT2D eigenvalue weighted by Crippen LogP contribution is 2.26. The van der Waals surface area contributed by atoms with E-state index in [0.29, 0.717) is 6.04 Å². The van der Waals surface area contributed by atoms with Gasteiger partial charge < -0.3 is 5.32 Å². The molecule has 1 aliphatic rings. The molecule has 2 heterocycles. The van der Waals surface area contributed by atoms with E-state index in [1.165, 1.54) is 30.5 Å². The summed E-state index contributed by atoms with van der Waals surface area (Å²) in [5.41, 5.74) is 2.41. The van der Waals surface area contributed by atoms with Gasteiger partial charge in [0.05, 0.1) is 4.88 Å². The number of likely N-dealkylation sites (tertiary alicyclic amines) is 1. The topological polar surface area (TPSA) is 28.2 Å². The van der Waals surface area contributed by atoms with Gasteiger partial charge >= 0.3 is 0 Å². The molecule has 0 aliphatic carbocycles. The smallest absolute Gasteiger partial charge is 0.123 e. The van der Waals surface area contributed by atoms with Crippen LogP contribution in [-0.4, -0.2) is 29.0 Å². The molecule has 0 spiro atoms. The zero-order chi connectivity index (χ0) is 18.5. The summed E-state index contributed by atoms with van der Waals surface area (Å²) in [6.45, 7) is 4.10. The molecule has 5 heteroatoms. The van der Waals surface area contributed by atoms with Crippen molar-refractivity contribution in [3.63, 3.8) is 0 Å². The summed E-state index contributed by atoms with van der Waals surface area (Å²) in [4.78, 5) is 8.14. The predicted molar refractivity (Wildman–Crippen MR) is 109 cm³/mol. The second-order valence-electron chi connectivity index (χ2n) is 7.04. The monoisotopic (exact) mass is 381 g/mol. The first kappa shape index (κ1) is 18.3. The molecular weight excluding hydrogens is 357 g/mol. The van der Waals surface area contributed by atoms with Crippen molar-refractivity contribution < 1.29 is 4.39 Å². The number of piperidine rings is 1. The molecule has 4 rings (SSSR count). The predicted octanol–water partition coefficient (Wildman–Crippen LogP) is 4.70. The maximum Gasteiger partial charge on any atom is 0.123 e. The number of nitrogens with one attached hydrogen (secondary N) is 1. The number of thiazole rings is 1. The minimum Gasteiger partial charge on any atom is -0.308 e. The molecule has 140 valence electrons.